The molecule has 1 aliphatic rings. The van der Waals surface area contributed by atoms with Crippen molar-refractivity contribution >= 4 is 27.5 Å². The third-order valence-electron chi connectivity index (χ3n) is 4.99. The first-order valence-electron chi connectivity index (χ1n) is 9.65. The number of hydrogen-bond acceptors (Lipinski definition) is 4. The first-order valence-corrected chi connectivity index (χ1v) is 11.1. The van der Waals surface area contributed by atoms with Gasteiger partial charge in [-0.2, -0.15) is 0 Å². The van der Waals surface area contributed by atoms with Crippen molar-refractivity contribution < 1.29 is 18.0 Å². The lowest BCUT2D eigenvalue weighted by molar-refractivity contribution is -0.126. The second-order valence-electron chi connectivity index (χ2n) is 7.28. The molecule has 1 fully saturated rings. The predicted molar refractivity (Wildman–Crippen MR) is 111 cm³/mol. The Morgan fingerprint density at radius 2 is 1.62 bits per heavy atom. The molecular formula is C21H25N3O4S. The van der Waals surface area contributed by atoms with Crippen LogP contribution < -0.4 is 15.6 Å². The fraction of sp³-hybridized carbons (Fsp3) is 0.333. The Morgan fingerprint density at radius 1 is 0.931 bits per heavy atom. The largest absolute Gasteiger partial charge is 0.280 e. The molecule has 7 nitrogen and oxygen atoms in total. The zero-order chi connectivity index (χ0) is 20.9. The van der Waals surface area contributed by atoms with E-state index in [2.05, 4.69) is 15.6 Å². The van der Waals surface area contributed by atoms with Crippen LogP contribution in [-0.4, -0.2) is 20.2 Å². The number of carbonyl (C=O) groups excluding carboxylic acids is 2. The van der Waals surface area contributed by atoms with Crippen molar-refractivity contribution in [2.75, 3.05) is 4.72 Å². The summed E-state index contributed by atoms with van der Waals surface area (Å²) in [6.07, 6.45) is 4.80. The average molecular weight is 416 g/mol. The number of nitrogens with one attached hydrogen (secondary N) is 3. The molecule has 0 saturated heterocycles. The number of anilines is 1. The molecule has 1 aliphatic carbocycles. The van der Waals surface area contributed by atoms with Crippen molar-refractivity contribution in [2.45, 2.75) is 43.9 Å². The minimum Gasteiger partial charge on any atom is -0.280 e. The Hall–Kier alpha value is -2.87. The van der Waals surface area contributed by atoms with Crippen LogP contribution in [0.3, 0.4) is 0 Å². The highest BCUT2D eigenvalue weighted by Crippen LogP contribution is 2.23. The molecule has 2 aromatic rings. The zero-order valence-electron chi connectivity index (χ0n) is 16.3. The van der Waals surface area contributed by atoms with Gasteiger partial charge in [0.25, 0.3) is 15.9 Å². The molecule has 0 aromatic heterocycles. The van der Waals surface area contributed by atoms with Gasteiger partial charge >= 0.3 is 0 Å². The highest BCUT2D eigenvalue weighted by molar-refractivity contribution is 7.92. The lowest BCUT2D eigenvalue weighted by atomic mass is 9.89. The van der Waals surface area contributed by atoms with E-state index in [9.17, 15) is 18.0 Å². The van der Waals surface area contributed by atoms with Crippen LogP contribution in [0.1, 0.15) is 48.0 Å². The molecule has 3 N–H and O–H groups in total. The van der Waals surface area contributed by atoms with E-state index in [1.54, 1.807) is 24.3 Å². The van der Waals surface area contributed by atoms with Crippen molar-refractivity contribution in [1.82, 2.24) is 10.9 Å². The van der Waals surface area contributed by atoms with E-state index in [4.69, 9.17) is 0 Å². The number of hydrogen-bond donors (Lipinski definition) is 3. The highest BCUT2D eigenvalue weighted by atomic mass is 32.2. The number of aryl methyl sites for hydroxylation is 1. The van der Waals surface area contributed by atoms with Gasteiger partial charge in [-0.05, 0) is 50.1 Å². The quantitative estimate of drug-likeness (QED) is 0.653. The molecule has 2 aromatic carbocycles. The van der Waals surface area contributed by atoms with Crippen LogP contribution in [0, 0.1) is 12.8 Å². The lowest BCUT2D eigenvalue weighted by Gasteiger charge is -2.20. The Bertz CT molecular complexity index is 981. The molecule has 3 rings (SSSR count). The molecule has 29 heavy (non-hydrogen) atoms. The van der Waals surface area contributed by atoms with E-state index in [0.29, 0.717) is 5.69 Å². The van der Waals surface area contributed by atoms with Gasteiger partial charge in [0.2, 0.25) is 5.91 Å². The van der Waals surface area contributed by atoms with Gasteiger partial charge in [0.15, 0.2) is 0 Å². The van der Waals surface area contributed by atoms with Crippen molar-refractivity contribution in [3.8, 4) is 0 Å². The van der Waals surface area contributed by atoms with Crippen LogP contribution in [0.2, 0.25) is 0 Å². The highest BCUT2D eigenvalue weighted by Gasteiger charge is 2.22. The summed E-state index contributed by atoms with van der Waals surface area (Å²) in [5, 5.41) is 0. The van der Waals surface area contributed by atoms with Crippen LogP contribution in [0.5, 0.6) is 0 Å². The van der Waals surface area contributed by atoms with Gasteiger partial charge in [0.1, 0.15) is 0 Å². The first kappa shape index (κ1) is 20.9. The third-order valence-corrected chi connectivity index (χ3v) is 6.36. The molecule has 2 amide bonds. The summed E-state index contributed by atoms with van der Waals surface area (Å²) in [6.45, 7) is 1.91. The molecular weight excluding hydrogens is 390 g/mol. The van der Waals surface area contributed by atoms with E-state index in [1.165, 1.54) is 24.3 Å². The van der Waals surface area contributed by atoms with Crippen molar-refractivity contribution in [1.29, 1.82) is 0 Å². The van der Waals surface area contributed by atoms with Gasteiger partial charge in [-0.15, -0.1) is 0 Å². The number of rotatable bonds is 5. The van der Waals surface area contributed by atoms with E-state index < -0.39 is 15.9 Å². The lowest BCUT2D eigenvalue weighted by Crippen LogP contribution is -2.45. The maximum Gasteiger partial charge on any atom is 0.269 e. The number of carbonyl (C=O) groups is 2. The molecule has 0 unspecified atom stereocenters. The van der Waals surface area contributed by atoms with E-state index >= 15 is 0 Å². The van der Waals surface area contributed by atoms with Gasteiger partial charge in [-0.3, -0.25) is 25.2 Å². The maximum atomic E-state index is 12.6. The fourth-order valence-corrected chi connectivity index (χ4v) is 4.40. The summed E-state index contributed by atoms with van der Waals surface area (Å²) in [5.41, 5.74) is 6.42. The van der Waals surface area contributed by atoms with Gasteiger partial charge in [0, 0.05) is 17.2 Å². The van der Waals surface area contributed by atoms with Crippen LogP contribution in [-0.2, 0) is 14.8 Å². The molecule has 0 atom stereocenters. The predicted octanol–water partition coefficient (Wildman–Crippen LogP) is 3.14. The minimum atomic E-state index is -3.85. The van der Waals surface area contributed by atoms with E-state index in [1.807, 2.05) is 6.92 Å². The first-order chi connectivity index (χ1) is 13.8. The number of hydrazine groups is 1. The summed E-state index contributed by atoms with van der Waals surface area (Å²) in [6, 6.07) is 12.6. The van der Waals surface area contributed by atoms with Gasteiger partial charge < -0.3 is 0 Å². The van der Waals surface area contributed by atoms with Crippen LogP contribution in [0.15, 0.2) is 53.4 Å². The van der Waals surface area contributed by atoms with Crippen molar-refractivity contribution in [3.05, 3.63) is 59.7 Å². The molecule has 0 bridgehead atoms. The van der Waals surface area contributed by atoms with Crippen LogP contribution in [0.4, 0.5) is 5.69 Å². The maximum absolute atomic E-state index is 12.6. The van der Waals surface area contributed by atoms with Gasteiger partial charge in [0.05, 0.1) is 4.90 Å². The Morgan fingerprint density at radius 3 is 2.31 bits per heavy atom. The summed E-state index contributed by atoms with van der Waals surface area (Å²) in [4.78, 5) is 24.5. The Balaban J connectivity index is 1.65. The smallest absolute Gasteiger partial charge is 0.269 e. The van der Waals surface area contributed by atoms with E-state index in [0.717, 1.165) is 37.7 Å². The van der Waals surface area contributed by atoms with Crippen LogP contribution in [0.25, 0.3) is 0 Å². The second-order valence-corrected chi connectivity index (χ2v) is 8.96. The summed E-state index contributed by atoms with van der Waals surface area (Å²) < 4.78 is 27.7. The molecule has 0 heterocycles. The summed E-state index contributed by atoms with van der Waals surface area (Å²) >= 11 is 0. The standard InChI is InChI=1S/C21H25N3O4S/c1-15-10-12-18(13-11-15)24-29(27,28)19-9-5-8-17(14-19)21(26)23-22-20(25)16-6-3-2-4-7-16/h5,8-14,16,24H,2-4,6-7H2,1H3,(H,22,25)(H,23,26). The van der Waals surface area contributed by atoms with Gasteiger partial charge in [-0.1, -0.05) is 43.0 Å². The molecule has 0 aliphatic heterocycles. The van der Waals surface area contributed by atoms with Crippen molar-refractivity contribution in [3.63, 3.8) is 0 Å². The molecule has 8 heteroatoms. The number of benzene rings is 2. The SMILES string of the molecule is Cc1ccc(NS(=O)(=O)c2cccc(C(=O)NNC(=O)C3CCCCC3)c2)cc1. The summed E-state index contributed by atoms with van der Waals surface area (Å²) in [7, 11) is -3.85. The normalized spacial score (nSPS) is 14.8. The number of amides is 2. The zero-order valence-corrected chi connectivity index (χ0v) is 17.1. The molecule has 154 valence electrons. The van der Waals surface area contributed by atoms with Gasteiger partial charge in [-0.25, -0.2) is 8.42 Å². The third kappa shape index (κ3) is 5.57. The average Bonchev–Trinajstić information content (AvgIpc) is 2.74. The second kappa shape index (κ2) is 9.09. The Kier molecular flexibility index (Phi) is 6.53. The summed E-state index contributed by atoms with van der Waals surface area (Å²) in [5.74, 6) is -0.862. The molecule has 0 radical (unpaired) electrons. The van der Waals surface area contributed by atoms with Crippen LogP contribution >= 0.6 is 0 Å². The molecule has 0 spiro atoms. The minimum absolute atomic E-state index is 0.0377. The van der Waals surface area contributed by atoms with E-state index in [-0.39, 0.29) is 22.3 Å². The molecule has 1 saturated carbocycles. The number of sulfonamides is 1. The Labute approximate surface area is 170 Å². The monoisotopic (exact) mass is 415 g/mol. The fourth-order valence-electron chi connectivity index (χ4n) is 3.30. The van der Waals surface area contributed by atoms with Crippen molar-refractivity contribution in [2.24, 2.45) is 5.92 Å². The topological polar surface area (TPSA) is 104 Å².